The van der Waals surface area contributed by atoms with Crippen LogP contribution in [0.15, 0.2) is 30.3 Å². The number of carbonyl (C=O) groups excluding carboxylic acids is 4. The number of Topliss-reactive ketones (excluding diaryl/α,β-unsaturated/α-hetero) is 1. The molecule has 11 heteroatoms. The molecule has 1 N–H and O–H groups in total. The van der Waals surface area contributed by atoms with Gasteiger partial charge in [-0.2, -0.15) is 0 Å². The van der Waals surface area contributed by atoms with Gasteiger partial charge in [0, 0.05) is 6.61 Å². The second kappa shape index (κ2) is 19.0. The molecule has 2 unspecified atom stereocenters. The van der Waals surface area contributed by atoms with E-state index in [0.29, 0.717) is 24.2 Å². The summed E-state index contributed by atoms with van der Waals surface area (Å²) in [6.07, 6.45) is 10.4. The molecule has 1 aromatic rings. The number of hydrogen-bond acceptors (Lipinski definition) is 8. The molecule has 0 aromatic heterocycles. The van der Waals surface area contributed by atoms with Crippen molar-refractivity contribution in [1.29, 1.82) is 0 Å². The Hall–Kier alpha value is -2.29. The molecule has 2 saturated heterocycles. The number of likely N-dealkylation sites (tertiary alicyclic amines) is 1. The van der Waals surface area contributed by atoms with Crippen LogP contribution in [0.4, 0.5) is 0 Å². The highest BCUT2D eigenvalue weighted by Gasteiger charge is 2.54. The molecule has 3 rings (SSSR count). The summed E-state index contributed by atoms with van der Waals surface area (Å²) >= 11 is 1.30. The molecule has 0 aliphatic carbocycles. The van der Waals surface area contributed by atoms with Crippen LogP contribution in [-0.4, -0.2) is 94.5 Å². The molecule has 47 heavy (non-hydrogen) atoms. The minimum absolute atomic E-state index is 0.0330. The monoisotopic (exact) mass is 692 g/mol. The number of hydrogen-bond donors (Lipinski definition) is 1. The van der Waals surface area contributed by atoms with Crippen molar-refractivity contribution in [2.45, 2.75) is 122 Å². The predicted octanol–water partition coefficient (Wildman–Crippen LogP) is 6.48. The van der Waals surface area contributed by atoms with Crippen LogP contribution in [0.5, 0.6) is 5.75 Å². The number of ether oxygens (including phenoxy) is 3. The largest absolute Gasteiger partial charge is 0.484 e. The lowest BCUT2D eigenvalue weighted by Crippen LogP contribution is -2.72. The average Bonchev–Trinajstić information content (AvgIpc) is 3.06. The third-order valence-corrected chi connectivity index (χ3v) is 14.6. The fourth-order valence-electron chi connectivity index (χ4n) is 6.01. The maximum absolute atomic E-state index is 14.4. The zero-order chi connectivity index (χ0) is 34.5. The summed E-state index contributed by atoms with van der Waals surface area (Å²) in [5, 5.41) is 2.23. The molecule has 0 radical (unpaired) electrons. The standard InChI is InChI=1S/C36H57N2O7PS/c1-7-10-22-46(23-11-8-2,24-12-9-3)33(35(42)45-36(4,5)6)38-32(41)31(37-30(40)25-44-27-18-14-13-15-19-27)34(38)47-26-28(39)29-20-16-17-21-43-29/h13-15,18-19,29,31,34H,7-12,16-17,20-26H2,1-6H3,(H,37,40)/t29?,31-,34?/m1/s1. The van der Waals surface area contributed by atoms with Gasteiger partial charge in [0.1, 0.15) is 34.3 Å². The fourth-order valence-corrected chi connectivity index (χ4v) is 12.5. The Bertz CT molecular complexity index is 1210. The Morgan fingerprint density at radius 2 is 1.60 bits per heavy atom. The smallest absolute Gasteiger partial charge is 0.355 e. The van der Waals surface area contributed by atoms with Gasteiger partial charge < -0.3 is 19.5 Å². The van der Waals surface area contributed by atoms with Gasteiger partial charge in [0.2, 0.25) is 0 Å². The van der Waals surface area contributed by atoms with Crippen molar-refractivity contribution in [1.82, 2.24) is 10.2 Å². The maximum atomic E-state index is 14.4. The number of esters is 1. The zero-order valence-corrected chi connectivity index (χ0v) is 31.1. The topological polar surface area (TPSA) is 111 Å². The van der Waals surface area contributed by atoms with E-state index >= 15 is 0 Å². The molecular formula is C36H57N2O7PS. The lowest BCUT2D eigenvalue weighted by atomic mass is 10.1. The number of amides is 2. The van der Waals surface area contributed by atoms with Crippen molar-refractivity contribution < 1.29 is 33.4 Å². The highest BCUT2D eigenvalue weighted by molar-refractivity contribution is 8.00. The number of nitrogens with zero attached hydrogens (tertiary/aromatic N) is 1. The Kier molecular flexibility index (Phi) is 15.9. The normalized spacial score (nSPS) is 19.9. The SMILES string of the molecule is CCCCP(CCCC)(CCCC)=C(C(=O)OC(C)(C)C)N1C(=O)[C@@H](NC(=O)COc2ccccc2)C1SCC(=O)C1CCCCO1. The molecule has 2 amide bonds. The summed E-state index contributed by atoms with van der Waals surface area (Å²) in [7, 11) is 0. The Morgan fingerprint density at radius 1 is 0.979 bits per heavy atom. The number of carbonyl (C=O) groups is 4. The maximum Gasteiger partial charge on any atom is 0.355 e. The summed E-state index contributed by atoms with van der Waals surface area (Å²) in [4.78, 5) is 56.6. The van der Waals surface area contributed by atoms with E-state index in [-0.39, 0.29) is 24.1 Å². The summed E-state index contributed by atoms with van der Waals surface area (Å²) in [5.74, 6) is -0.612. The number of para-hydroxylation sites is 1. The second-order valence-electron chi connectivity index (χ2n) is 13.6. The third-order valence-electron chi connectivity index (χ3n) is 8.49. The average molecular weight is 693 g/mol. The van der Waals surface area contributed by atoms with Crippen LogP contribution in [0.3, 0.4) is 0 Å². The van der Waals surface area contributed by atoms with E-state index in [0.717, 1.165) is 69.9 Å². The minimum atomic E-state index is -2.19. The van der Waals surface area contributed by atoms with E-state index in [1.807, 2.05) is 39.0 Å². The molecule has 0 bridgehead atoms. The fraction of sp³-hybridized carbons (Fsp3) is 0.694. The first-order valence-corrected chi connectivity index (χ1v) is 20.9. The van der Waals surface area contributed by atoms with E-state index in [1.165, 1.54) is 11.8 Å². The van der Waals surface area contributed by atoms with Gasteiger partial charge in [0.25, 0.3) is 11.8 Å². The molecule has 0 saturated carbocycles. The number of benzene rings is 1. The molecule has 264 valence electrons. The van der Waals surface area contributed by atoms with Crippen LogP contribution in [-0.2, 0) is 28.7 Å². The Morgan fingerprint density at radius 3 is 2.13 bits per heavy atom. The lowest BCUT2D eigenvalue weighted by molar-refractivity contribution is -0.151. The van der Waals surface area contributed by atoms with E-state index in [9.17, 15) is 19.2 Å². The second-order valence-corrected chi connectivity index (χ2v) is 18.7. The van der Waals surface area contributed by atoms with Crippen LogP contribution in [0.25, 0.3) is 0 Å². The molecule has 3 atom stereocenters. The summed E-state index contributed by atoms with van der Waals surface area (Å²) in [5.41, 5.74) is -0.274. The number of β-lactam (4-membered cyclic amide) rings is 1. The molecule has 0 spiro atoms. The summed E-state index contributed by atoms with van der Waals surface area (Å²) in [6.45, 7) is 10.1. The van der Waals surface area contributed by atoms with Crippen LogP contribution < -0.4 is 10.1 Å². The quantitative estimate of drug-likeness (QED) is 0.0997. The summed E-state index contributed by atoms with van der Waals surface area (Å²) < 4.78 is 17.5. The first-order chi connectivity index (χ1) is 22.5. The van der Waals surface area contributed by atoms with Crippen molar-refractivity contribution >= 4 is 47.6 Å². The number of thioether (sulfide) groups is 1. The van der Waals surface area contributed by atoms with E-state index in [1.54, 1.807) is 17.0 Å². The molecular weight excluding hydrogens is 635 g/mol. The summed E-state index contributed by atoms with van der Waals surface area (Å²) in [6, 6.07) is 8.11. The van der Waals surface area contributed by atoms with Crippen molar-refractivity contribution in [3.8, 4) is 5.75 Å². The van der Waals surface area contributed by atoms with Gasteiger partial charge in [0.05, 0.1) is 5.75 Å². The molecule has 2 heterocycles. The molecule has 2 fully saturated rings. The van der Waals surface area contributed by atoms with Gasteiger partial charge in [-0.25, -0.2) is 4.79 Å². The highest BCUT2D eigenvalue weighted by Crippen LogP contribution is 2.54. The van der Waals surface area contributed by atoms with Crippen LogP contribution in [0, 0.1) is 0 Å². The van der Waals surface area contributed by atoms with Crippen LogP contribution >= 0.6 is 18.6 Å². The zero-order valence-electron chi connectivity index (χ0n) is 29.4. The van der Waals surface area contributed by atoms with Crippen molar-refractivity contribution in [2.75, 3.05) is 37.5 Å². The van der Waals surface area contributed by atoms with Crippen molar-refractivity contribution in [3.05, 3.63) is 30.3 Å². The van der Waals surface area contributed by atoms with Gasteiger partial charge in [-0.3, -0.25) is 19.3 Å². The predicted molar refractivity (Wildman–Crippen MR) is 193 cm³/mol. The molecule has 2 aliphatic heterocycles. The lowest BCUT2D eigenvalue weighted by Gasteiger charge is -2.49. The molecule has 9 nitrogen and oxygen atoms in total. The Balaban J connectivity index is 2.04. The third kappa shape index (κ3) is 11.4. The minimum Gasteiger partial charge on any atom is -0.484 e. The van der Waals surface area contributed by atoms with Gasteiger partial charge >= 0.3 is 5.97 Å². The van der Waals surface area contributed by atoms with Crippen LogP contribution in [0.2, 0.25) is 0 Å². The van der Waals surface area contributed by atoms with E-state index in [2.05, 4.69) is 26.1 Å². The van der Waals surface area contributed by atoms with Crippen molar-refractivity contribution in [2.24, 2.45) is 0 Å². The van der Waals surface area contributed by atoms with Gasteiger partial charge in [-0.15, -0.1) is 11.8 Å². The number of rotatable bonds is 19. The van der Waals surface area contributed by atoms with Gasteiger partial charge in [-0.1, -0.05) is 65.1 Å². The van der Waals surface area contributed by atoms with Crippen molar-refractivity contribution in [3.63, 3.8) is 0 Å². The number of nitrogens with one attached hydrogen (secondary N) is 1. The highest BCUT2D eigenvalue weighted by atomic mass is 32.2. The molecule has 1 aromatic carbocycles. The van der Waals surface area contributed by atoms with E-state index < -0.39 is 41.9 Å². The van der Waals surface area contributed by atoms with Gasteiger partial charge in [0.15, 0.2) is 12.4 Å². The first-order valence-electron chi connectivity index (χ1n) is 17.5. The number of unbranched alkanes of at least 4 members (excludes halogenated alkanes) is 3. The number of ketones is 1. The first kappa shape index (κ1) is 39.2. The van der Waals surface area contributed by atoms with Gasteiger partial charge in [-0.05, 0) is 89.9 Å². The Labute approximate surface area is 286 Å². The van der Waals surface area contributed by atoms with Crippen LogP contribution in [0.1, 0.15) is 99.3 Å². The van der Waals surface area contributed by atoms with E-state index in [4.69, 9.17) is 14.2 Å². The molecule has 2 aliphatic rings.